The summed E-state index contributed by atoms with van der Waals surface area (Å²) in [5.74, 6) is -0.284. The summed E-state index contributed by atoms with van der Waals surface area (Å²) in [4.78, 5) is 18.0. The van der Waals surface area contributed by atoms with Crippen LogP contribution < -0.4 is 10.1 Å². The van der Waals surface area contributed by atoms with Crippen molar-refractivity contribution in [2.24, 2.45) is 0 Å². The molecule has 4 aromatic rings. The number of methoxy groups -OCH3 is 1. The van der Waals surface area contributed by atoms with Crippen molar-refractivity contribution in [3.05, 3.63) is 90.9 Å². The first kappa shape index (κ1) is 27.5. The Morgan fingerprint density at radius 3 is 2.48 bits per heavy atom. The van der Waals surface area contributed by atoms with Crippen LogP contribution in [0.15, 0.2) is 90.0 Å². The zero-order valence-electron chi connectivity index (χ0n) is 21.9. The molecule has 0 saturated carbocycles. The lowest BCUT2D eigenvalue weighted by Gasteiger charge is -2.24. The van der Waals surface area contributed by atoms with Crippen LogP contribution in [0, 0.1) is 5.82 Å². The third-order valence-corrected chi connectivity index (χ3v) is 8.41. The van der Waals surface area contributed by atoms with Gasteiger partial charge < -0.3 is 9.47 Å². The highest BCUT2D eigenvalue weighted by atomic mass is 32.2. The van der Waals surface area contributed by atoms with E-state index >= 15 is 0 Å². The number of amides is 1. The molecule has 1 aliphatic heterocycles. The number of aromatic nitrogens is 2. The number of hydrogen-bond donors (Lipinski definition) is 1. The minimum atomic E-state index is -4.04. The number of hydrogen-bond acceptors (Lipinski definition) is 6. The van der Waals surface area contributed by atoms with Crippen molar-refractivity contribution in [2.75, 3.05) is 32.1 Å². The molecule has 0 spiro atoms. The Balaban J connectivity index is 1.43. The highest BCUT2D eigenvalue weighted by Gasteiger charge is 2.31. The fraction of sp³-hybridized carbons (Fsp3) is 0.241. The molecule has 1 aromatic heterocycles. The number of imidazole rings is 1. The van der Waals surface area contributed by atoms with Crippen molar-refractivity contribution in [1.29, 1.82) is 0 Å². The molecule has 3 aromatic carbocycles. The van der Waals surface area contributed by atoms with Crippen molar-refractivity contribution >= 4 is 21.9 Å². The van der Waals surface area contributed by atoms with Crippen molar-refractivity contribution in [1.82, 2.24) is 13.9 Å². The van der Waals surface area contributed by atoms with E-state index in [2.05, 4.69) is 10.3 Å². The predicted molar refractivity (Wildman–Crippen MR) is 148 cm³/mol. The Bertz CT molecular complexity index is 1550. The van der Waals surface area contributed by atoms with Crippen molar-refractivity contribution in [3.8, 4) is 22.7 Å². The molecule has 1 atom stereocenters. The van der Waals surface area contributed by atoms with Gasteiger partial charge in [-0.2, -0.15) is 4.31 Å². The molecule has 1 N–H and O–H groups in total. The van der Waals surface area contributed by atoms with Crippen molar-refractivity contribution in [3.63, 3.8) is 0 Å². The maximum absolute atomic E-state index is 13.6. The molecule has 2 heterocycles. The monoisotopic (exact) mass is 564 g/mol. The highest BCUT2D eigenvalue weighted by molar-refractivity contribution is 7.89. The zero-order valence-corrected chi connectivity index (χ0v) is 22.7. The third kappa shape index (κ3) is 6.22. The van der Waals surface area contributed by atoms with Gasteiger partial charge in [0.15, 0.2) is 0 Å². The Labute approximate surface area is 232 Å². The molecule has 0 radical (unpaired) electrons. The van der Waals surface area contributed by atoms with Gasteiger partial charge in [0.05, 0.1) is 30.3 Å². The SMILES string of the molecule is COc1ccc(S(=O)(=O)N(CC(=O)Nc2nc(-c3ccccc3)cn2-c2ccc(F)cc2)C[C@@H]2CCCO2)cc1. The van der Waals surface area contributed by atoms with Crippen LogP contribution in [0.25, 0.3) is 16.9 Å². The molecule has 0 unspecified atom stereocenters. The first-order valence-electron chi connectivity index (χ1n) is 12.8. The van der Waals surface area contributed by atoms with Gasteiger partial charge in [-0.25, -0.2) is 17.8 Å². The zero-order chi connectivity index (χ0) is 28.1. The minimum Gasteiger partial charge on any atom is -0.497 e. The molecule has 1 aliphatic rings. The lowest BCUT2D eigenvalue weighted by Crippen LogP contribution is -2.42. The van der Waals surface area contributed by atoms with Gasteiger partial charge in [-0.05, 0) is 61.4 Å². The second-order valence-corrected chi connectivity index (χ2v) is 11.3. The number of sulfonamides is 1. The van der Waals surface area contributed by atoms with E-state index < -0.39 is 28.3 Å². The molecular weight excluding hydrogens is 535 g/mol. The molecule has 0 bridgehead atoms. The molecular formula is C29H29FN4O5S. The number of ether oxygens (including phenoxy) is 2. The van der Waals surface area contributed by atoms with Gasteiger partial charge in [0.2, 0.25) is 21.9 Å². The van der Waals surface area contributed by atoms with E-state index in [9.17, 15) is 17.6 Å². The molecule has 5 rings (SSSR count). The Morgan fingerprint density at radius 2 is 1.82 bits per heavy atom. The first-order valence-corrected chi connectivity index (χ1v) is 14.2. The van der Waals surface area contributed by atoms with Gasteiger partial charge in [0, 0.05) is 30.6 Å². The molecule has 1 amide bonds. The Morgan fingerprint density at radius 1 is 1.10 bits per heavy atom. The number of nitrogens with zero attached hydrogens (tertiary/aromatic N) is 3. The van der Waals surface area contributed by atoms with E-state index in [-0.39, 0.29) is 23.5 Å². The largest absolute Gasteiger partial charge is 0.497 e. The second-order valence-electron chi connectivity index (χ2n) is 9.32. The topological polar surface area (TPSA) is 103 Å². The standard InChI is InChI=1S/C29H29FN4O5S/c1-38-24-13-15-26(16-14-24)40(36,37)33(18-25-8-5-17-39-25)20-28(35)32-29-31-27(21-6-3-2-4-7-21)19-34(29)23-11-9-22(30)10-12-23/h2-4,6-7,9-16,19,25H,5,8,17-18,20H2,1H3,(H,31,32,35)/t25-/m0/s1. The quantitative estimate of drug-likeness (QED) is 0.304. The Hall–Kier alpha value is -4.06. The number of nitrogens with one attached hydrogen (secondary N) is 1. The molecule has 11 heteroatoms. The summed E-state index contributed by atoms with van der Waals surface area (Å²) in [5.41, 5.74) is 1.98. The summed E-state index contributed by atoms with van der Waals surface area (Å²) >= 11 is 0. The van der Waals surface area contributed by atoms with Gasteiger partial charge in [-0.1, -0.05) is 30.3 Å². The molecule has 9 nitrogen and oxygen atoms in total. The lowest BCUT2D eigenvalue weighted by molar-refractivity contribution is -0.116. The number of benzene rings is 3. The number of carbonyl (C=O) groups is 1. The normalized spacial score (nSPS) is 15.3. The minimum absolute atomic E-state index is 0.0312. The molecule has 208 valence electrons. The van der Waals surface area contributed by atoms with Crippen LogP contribution in [0.1, 0.15) is 12.8 Å². The van der Waals surface area contributed by atoms with Gasteiger partial charge in [0.25, 0.3) is 0 Å². The predicted octanol–water partition coefficient (Wildman–Crippen LogP) is 4.50. The van der Waals surface area contributed by atoms with Gasteiger partial charge >= 0.3 is 0 Å². The molecule has 40 heavy (non-hydrogen) atoms. The van der Waals surface area contributed by atoms with Crippen LogP contribution in [0.4, 0.5) is 10.3 Å². The van der Waals surface area contributed by atoms with Crippen LogP contribution in [-0.4, -0.2) is 61.1 Å². The average molecular weight is 565 g/mol. The molecule has 1 saturated heterocycles. The average Bonchev–Trinajstić information content (AvgIpc) is 3.64. The highest BCUT2D eigenvalue weighted by Crippen LogP contribution is 2.26. The second kappa shape index (κ2) is 12.0. The maximum atomic E-state index is 13.6. The maximum Gasteiger partial charge on any atom is 0.243 e. The van der Waals surface area contributed by atoms with Crippen LogP contribution in [0.5, 0.6) is 5.75 Å². The van der Waals surface area contributed by atoms with Gasteiger partial charge in [-0.15, -0.1) is 0 Å². The summed E-state index contributed by atoms with van der Waals surface area (Å²) in [6.07, 6.45) is 2.94. The molecule has 1 fully saturated rings. The summed E-state index contributed by atoms with van der Waals surface area (Å²) < 4.78 is 54.4. The van der Waals surface area contributed by atoms with Crippen LogP contribution in [0.2, 0.25) is 0 Å². The van der Waals surface area contributed by atoms with E-state index in [1.54, 1.807) is 35.0 Å². The van der Waals surface area contributed by atoms with Crippen molar-refractivity contribution < 1.29 is 27.1 Å². The van der Waals surface area contributed by atoms with Crippen LogP contribution >= 0.6 is 0 Å². The van der Waals surface area contributed by atoms with E-state index in [1.807, 2.05) is 30.3 Å². The van der Waals surface area contributed by atoms with E-state index in [4.69, 9.17) is 9.47 Å². The smallest absolute Gasteiger partial charge is 0.243 e. The van der Waals surface area contributed by atoms with E-state index in [1.165, 1.54) is 31.4 Å². The number of carbonyl (C=O) groups excluding carboxylic acids is 1. The van der Waals surface area contributed by atoms with Crippen molar-refractivity contribution in [2.45, 2.75) is 23.8 Å². The van der Waals surface area contributed by atoms with Gasteiger partial charge in [0.1, 0.15) is 11.6 Å². The van der Waals surface area contributed by atoms with Crippen LogP contribution in [0.3, 0.4) is 0 Å². The molecule has 0 aliphatic carbocycles. The van der Waals surface area contributed by atoms with Crippen LogP contribution in [-0.2, 0) is 19.6 Å². The summed E-state index contributed by atoms with van der Waals surface area (Å²) in [5, 5.41) is 2.76. The fourth-order valence-corrected chi connectivity index (χ4v) is 5.93. The summed E-state index contributed by atoms with van der Waals surface area (Å²) in [6.45, 7) is 0.124. The lowest BCUT2D eigenvalue weighted by atomic mass is 10.2. The summed E-state index contributed by atoms with van der Waals surface area (Å²) in [7, 11) is -2.54. The van der Waals surface area contributed by atoms with E-state index in [0.717, 1.165) is 16.3 Å². The number of rotatable bonds is 10. The third-order valence-electron chi connectivity index (χ3n) is 6.58. The van der Waals surface area contributed by atoms with E-state index in [0.29, 0.717) is 30.2 Å². The Kier molecular flexibility index (Phi) is 8.24. The fourth-order valence-electron chi connectivity index (χ4n) is 4.50. The first-order chi connectivity index (χ1) is 19.3. The number of anilines is 1. The summed E-state index contributed by atoms with van der Waals surface area (Å²) in [6, 6.07) is 21.2. The number of halogens is 1. The van der Waals surface area contributed by atoms with Gasteiger partial charge in [-0.3, -0.25) is 14.7 Å².